The number of benzene rings is 3. The molecule has 4 aliphatic rings. The van der Waals surface area contributed by atoms with Crippen LogP contribution in [0.25, 0.3) is 0 Å². The van der Waals surface area contributed by atoms with Gasteiger partial charge in [-0.3, -0.25) is 19.3 Å². The molecule has 168 valence electrons. The molecule has 7 rings (SSSR count). The lowest BCUT2D eigenvalue weighted by Crippen LogP contribution is -2.40. The van der Waals surface area contributed by atoms with Crippen LogP contribution in [0.4, 0.5) is 5.69 Å². The molecule has 34 heavy (non-hydrogen) atoms. The molecule has 1 heterocycles. The van der Waals surface area contributed by atoms with Gasteiger partial charge in [-0.05, 0) is 77.6 Å². The van der Waals surface area contributed by atoms with Gasteiger partial charge >= 0.3 is 0 Å². The van der Waals surface area contributed by atoms with Crippen LogP contribution < -0.4 is 4.90 Å². The van der Waals surface area contributed by atoms with E-state index in [-0.39, 0.29) is 23.7 Å². The van der Waals surface area contributed by atoms with Crippen molar-refractivity contribution in [2.45, 2.75) is 43.9 Å². The number of hydrogen-bond acceptors (Lipinski definition) is 3. The molecule has 2 amide bonds. The van der Waals surface area contributed by atoms with E-state index in [0.717, 1.165) is 19.3 Å². The van der Waals surface area contributed by atoms with Crippen LogP contribution in [0.1, 0.15) is 39.8 Å². The molecule has 1 spiro atoms. The third-order valence-corrected chi connectivity index (χ3v) is 8.65. The molecule has 1 aliphatic heterocycles. The second kappa shape index (κ2) is 6.99. The van der Waals surface area contributed by atoms with Crippen molar-refractivity contribution in [1.29, 1.82) is 0 Å². The first-order valence-corrected chi connectivity index (χ1v) is 12.2. The summed E-state index contributed by atoms with van der Waals surface area (Å²) in [6.45, 7) is 0. The summed E-state index contributed by atoms with van der Waals surface area (Å²) in [7, 11) is 0. The summed E-state index contributed by atoms with van der Waals surface area (Å²) < 4.78 is 0. The molecule has 3 aliphatic carbocycles. The van der Waals surface area contributed by atoms with E-state index in [4.69, 9.17) is 0 Å². The summed E-state index contributed by atoms with van der Waals surface area (Å²) in [6, 6.07) is 22.1. The number of fused-ring (bicyclic) bond motifs is 5. The predicted molar refractivity (Wildman–Crippen MR) is 129 cm³/mol. The minimum atomic E-state index is -0.452. The van der Waals surface area contributed by atoms with E-state index in [1.165, 1.54) is 38.3 Å². The number of hydrogen-bond donors (Lipinski definition) is 0. The first kappa shape index (κ1) is 19.9. The second-order valence-corrected chi connectivity index (χ2v) is 10.4. The number of ketones is 1. The van der Waals surface area contributed by atoms with E-state index in [1.807, 2.05) is 36.4 Å². The van der Waals surface area contributed by atoms with Crippen LogP contribution in [0.3, 0.4) is 0 Å². The number of imide groups is 1. The normalized spacial score (nSPS) is 26.9. The van der Waals surface area contributed by atoms with Gasteiger partial charge in [-0.2, -0.15) is 0 Å². The molecule has 3 aromatic carbocycles. The maximum absolute atomic E-state index is 13.3. The Kier molecular flexibility index (Phi) is 4.09. The smallest absolute Gasteiger partial charge is 0.238 e. The van der Waals surface area contributed by atoms with Crippen molar-refractivity contribution in [1.82, 2.24) is 0 Å². The summed E-state index contributed by atoms with van der Waals surface area (Å²) in [4.78, 5) is 41.2. The highest BCUT2D eigenvalue weighted by Crippen LogP contribution is 2.48. The number of rotatable bonds is 1. The highest BCUT2D eigenvalue weighted by Gasteiger charge is 2.51. The van der Waals surface area contributed by atoms with Crippen molar-refractivity contribution >= 4 is 23.3 Å². The van der Waals surface area contributed by atoms with Crippen LogP contribution in [0.15, 0.2) is 66.7 Å². The average molecular weight is 448 g/mol. The van der Waals surface area contributed by atoms with E-state index >= 15 is 0 Å². The fourth-order valence-corrected chi connectivity index (χ4v) is 6.99. The van der Waals surface area contributed by atoms with Gasteiger partial charge < -0.3 is 0 Å². The van der Waals surface area contributed by atoms with Crippen LogP contribution in [0, 0.1) is 11.8 Å². The van der Waals surface area contributed by atoms with Crippen LogP contribution in [0.5, 0.6) is 0 Å². The van der Waals surface area contributed by atoms with Crippen molar-refractivity contribution in [2.24, 2.45) is 11.8 Å². The van der Waals surface area contributed by atoms with Gasteiger partial charge in [0.15, 0.2) is 0 Å². The SMILES string of the molecule is O=C1C2Cc3cc4c(cc3CC2C(=O)N1c1ccccc1)CC1(C4)C(=O)CCc2ccccc21. The standard InChI is InChI=1S/C30H25NO3/c32-27-11-10-18-6-4-5-9-26(18)30(27)16-21-12-19-14-24-25(15-20(19)13-22(21)17-30)29(34)31(28(24)33)23-7-2-1-3-8-23/h1-9,12-13,24-25H,10-11,14-17H2. The largest absolute Gasteiger partial charge is 0.299 e. The van der Waals surface area contributed by atoms with Gasteiger partial charge in [0.2, 0.25) is 11.8 Å². The highest BCUT2D eigenvalue weighted by atomic mass is 16.2. The number of nitrogens with zero attached hydrogens (tertiary/aromatic N) is 1. The Balaban J connectivity index is 1.24. The zero-order valence-electron chi connectivity index (χ0n) is 18.9. The van der Waals surface area contributed by atoms with Crippen molar-refractivity contribution < 1.29 is 14.4 Å². The van der Waals surface area contributed by atoms with Gasteiger partial charge in [0.25, 0.3) is 0 Å². The van der Waals surface area contributed by atoms with E-state index in [0.29, 0.717) is 30.7 Å². The third kappa shape index (κ3) is 2.62. The molecule has 0 N–H and O–H groups in total. The van der Waals surface area contributed by atoms with E-state index in [2.05, 4.69) is 30.3 Å². The molecule has 0 radical (unpaired) electrons. The molecular weight excluding hydrogens is 422 g/mol. The molecule has 1 fully saturated rings. The number of carbonyl (C=O) groups excluding carboxylic acids is 3. The highest BCUT2D eigenvalue weighted by molar-refractivity contribution is 6.22. The summed E-state index contributed by atoms with van der Waals surface area (Å²) in [6.07, 6.45) is 4.10. The van der Waals surface area contributed by atoms with Crippen molar-refractivity contribution in [3.63, 3.8) is 0 Å². The van der Waals surface area contributed by atoms with Gasteiger partial charge in [-0.1, -0.05) is 54.6 Å². The van der Waals surface area contributed by atoms with Gasteiger partial charge in [0.1, 0.15) is 5.78 Å². The van der Waals surface area contributed by atoms with Crippen LogP contribution in [-0.2, 0) is 51.9 Å². The molecule has 2 unspecified atom stereocenters. The lowest BCUT2D eigenvalue weighted by Gasteiger charge is -2.34. The molecule has 0 bridgehead atoms. The summed E-state index contributed by atoms with van der Waals surface area (Å²) in [5, 5.41) is 0. The van der Waals surface area contributed by atoms with Gasteiger partial charge in [-0.25, -0.2) is 0 Å². The summed E-state index contributed by atoms with van der Waals surface area (Å²) in [5.41, 5.74) is 7.52. The Morgan fingerprint density at radius 1 is 0.647 bits per heavy atom. The number of carbonyl (C=O) groups is 3. The minimum absolute atomic E-state index is 0.0831. The molecular formula is C30H25NO3. The maximum Gasteiger partial charge on any atom is 0.238 e. The number of amides is 2. The second-order valence-electron chi connectivity index (χ2n) is 10.4. The fraction of sp³-hybridized carbons (Fsp3) is 0.300. The molecule has 0 aromatic heterocycles. The Hall–Kier alpha value is -3.53. The Morgan fingerprint density at radius 3 is 1.88 bits per heavy atom. The zero-order chi connectivity index (χ0) is 23.0. The zero-order valence-corrected chi connectivity index (χ0v) is 18.9. The van der Waals surface area contributed by atoms with Crippen LogP contribution >= 0.6 is 0 Å². The number of para-hydroxylation sites is 1. The molecule has 0 saturated carbocycles. The molecule has 1 saturated heterocycles. The number of Topliss-reactive ketones (excluding diaryl/α,β-unsaturated/α-hetero) is 1. The minimum Gasteiger partial charge on any atom is -0.299 e. The molecule has 2 atom stereocenters. The van der Waals surface area contributed by atoms with E-state index < -0.39 is 5.41 Å². The quantitative estimate of drug-likeness (QED) is 0.527. The predicted octanol–water partition coefficient (Wildman–Crippen LogP) is 4.14. The number of anilines is 1. The van der Waals surface area contributed by atoms with E-state index in [1.54, 1.807) is 0 Å². The van der Waals surface area contributed by atoms with Crippen LogP contribution in [0.2, 0.25) is 0 Å². The van der Waals surface area contributed by atoms with Crippen molar-refractivity contribution in [3.8, 4) is 0 Å². The Labute approximate surface area is 198 Å². The number of aryl methyl sites for hydroxylation is 1. The van der Waals surface area contributed by atoms with Gasteiger partial charge in [-0.15, -0.1) is 0 Å². The average Bonchev–Trinajstić information content (AvgIpc) is 3.34. The van der Waals surface area contributed by atoms with Crippen LogP contribution in [-0.4, -0.2) is 17.6 Å². The van der Waals surface area contributed by atoms with Crippen molar-refractivity contribution in [3.05, 3.63) is 100 Å². The lowest BCUT2D eigenvalue weighted by atomic mass is 9.67. The topological polar surface area (TPSA) is 54.5 Å². The fourth-order valence-electron chi connectivity index (χ4n) is 6.99. The lowest BCUT2D eigenvalue weighted by molar-refractivity contribution is -0.125. The van der Waals surface area contributed by atoms with Crippen molar-refractivity contribution in [2.75, 3.05) is 4.90 Å². The summed E-state index contributed by atoms with van der Waals surface area (Å²) in [5.74, 6) is -0.419. The Morgan fingerprint density at radius 2 is 1.24 bits per heavy atom. The molecule has 4 heteroatoms. The molecule has 4 nitrogen and oxygen atoms in total. The Bertz CT molecular complexity index is 1340. The first-order valence-electron chi connectivity index (χ1n) is 12.2. The van der Waals surface area contributed by atoms with E-state index in [9.17, 15) is 14.4 Å². The summed E-state index contributed by atoms with van der Waals surface area (Å²) >= 11 is 0. The van der Waals surface area contributed by atoms with Gasteiger partial charge in [0, 0.05) is 6.42 Å². The maximum atomic E-state index is 13.3. The molecule has 3 aromatic rings. The van der Waals surface area contributed by atoms with Gasteiger partial charge in [0.05, 0.1) is 22.9 Å². The first-order chi connectivity index (χ1) is 16.5. The monoisotopic (exact) mass is 447 g/mol. The third-order valence-electron chi connectivity index (χ3n) is 8.65.